The summed E-state index contributed by atoms with van der Waals surface area (Å²) < 4.78 is 39.4. The van der Waals surface area contributed by atoms with E-state index >= 15 is 0 Å². The Morgan fingerprint density at radius 2 is 1.75 bits per heavy atom. The number of benzene rings is 1. The zero-order chi connectivity index (χ0) is 11.0. The summed E-state index contributed by atoms with van der Waals surface area (Å²) in [6.07, 6.45) is 2.62. The average Bonchev–Trinajstić information content (AvgIpc) is 2.96. The molecule has 0 amide bonds. The molecule has 2 N–H and O–H groups in total. The molecule has 16 heavy (non-hydrogen) atoms. The summed E-state index contributed by atoms with van der Waals surface area (Å²) in [6, 6.07) is 0.951. The van der Waals surface area contributed by atoms with Crippen LogP contribution in [0, 0.1) is 23.4 Å². The van der Waals surface area contributed by atoms with Crippen LogP contribution in [0.15, 0.2) is 12.1 Å². The minimum Gasteiger partial charge on any atom is -0.324 e. The van der Waals surface area contributed by atoms with Crippen LogP contribution in [-0.4, -0.2) is 0 Å². The van der Waals surface area contributed by atoms with Gasteiger partial charge in [-0.3, -0.25) is 0 Å². The van der Waals surface area contributed by atoms with E-state index in [9.17, 15) is 13.2 Å². The molecule has 1 aliphatic carbocycles. The van der Waals surface area contributed by atoms with Gasteiger partial charge in [0.05, 0.1) is 0 Å². The lowest BCUT2D eigenvalue weighted by molar-refractivity contribution is 0.452. The van der Waals surface area contributed by atoms with E-state index in [1.165, 1.54) is 0 Å². The molecule has 0 unspecified atom stereocenters. The fourth-order valence-electron chi connectivity index (χ4n) is 1.71. The first-order valence-corrected chi connectivity index (χ1v) is 4.98. The Morgan fingerprint density at radius 1 is 1.19 bits per heavy atom. The first-order valence-electron chi connectivity index (χ1n) is 4.98. The summed E-state index contributed by atoms with van der Waals surface area (Å²) in [5.41, 5.74) is 5.34. The Hall–Kier alpha value is -0.740. The summed E-state index contributed by atoms with van der Waals surface area (Å²) in [4.78, 5) is 0. The van der Waals surface area contributed by atoms with E-state index in [4.69, 9.17) is 5.73 Å². The SMILES string of the molecule is Cl.N[C@H](CC1CC1)c1c(F)ccc(F)c1F. The molecule has 0 bridgehead atoms. The minimum absolute atomic E-state index is 0. The van der Waals surface area contributed by atoms with Gasteiger partial charge in [-0.1, -0.05) is 12.8 Å². The summed E-state index contributed by atoms with van der Waals surface area (Å²) in [6.45, 7) is 0. The predicted molar refractivity (Wildman–Crippen MR) is 57.8 cm³/mol. The van der Waals surface area contributed by atoms with Gasteiger partial charge < -0.3 is 5.73 Å². The van der Waals surface area contributed by atoms with Crippen LogP contribution in [0.5, 0.6) is 0 Å². The zero-order valence-electron chi connectivity index (χ0n) is 8.55. The highest BCUT2D eigenvalue weighted by molar-refractivity contribution is 5.85. The molecule has 1 aliphatic rings. The average molecular weight is 252 g/mol. The number of halogens is 4. The smallest absolute Gasteiger partial charge is 0.166 e. The lowest BCUT2D eigenvalue weighted by atomic mass is 10.0. The second-order valence-corrected chi connectivity index (χ2v) is 4.04. The van der Waals surface area contributed by atoms with Crippen molar-refractivity contribution >= 4 is 12.4 Å². The van der Waals surface area contributed by atoms with Crippen molar-refractivity contribution < 1.29 is 13.2 Å². The Balaban J connectivity index is 0.00000128. The van der Waals surface area contributed by atoms with Gasteiger partial charge in [0.25, 0.3) is 0 Å². The summed E-state index contributed by atoms with van der Waals surface area (Å²) in [5.74, 6) is -2.51. The van der Waals surface area contributed by atoms with Crippen molar-refractivity contribution in [3.05, 3.63) is 35.1 Å². The van der Waals surface area contributed by atoms with Crippen LogP contribution in [0.25, 0.3) is 0 Å². The molecule has 0 heterocycles. The maximum absolute atomic E-state index is 13.3. The molecule has 0 aromatic heterocycles. The molecule has 2 rings (SSSR count). The fraction of sp³-hybridized carbons (Fsp3) is 0.455. The lowest BCUT2D eigenvalue weighted by Gasteiger charge is -2.13. The normalized spacial score (nSPS) is 16.8. The molecule has 1 aromatic carbocycles. The molecule has 0 saturated heterocycles. The first-order chi connectivity index (χ1) is 7.09. The van der Waals surface area contributed by atoms with E-state index in [2.05, 4.69) is 0 Å². The molecule has 1 aromatic rings. The van der Waals surface area contributed by atoms with Gasteiger partial charge in [-0.05, 0) is 24.5 Å². The van der Waals surface area contributed by atoms with E-state index in [0.717, 1.165) is 25.0 Å². The summed E-state index contributed by atoms with van der Waals surface area (Å²) in [5, 5.41) is 0. The van der Waals surface area contributed by atoms with Crippen LogP contribution in [0.1, 0.15) is 30.9 Å². The molecule has 5 heteroatoms. The Labute approximate surface area is 98.2 Å². The van der Waals surface area contributed by atoms with Crippen LogP contribution in [0.3, 0.4) is 0 Å². The summed E-state index contributed by atoms with van der Waals surface area (Å²) >= 11 is 0. The standard InChI is InChI=1S/C11H12F3N.ClH/c12-7-3-4-8(13)11(14)10(7)9(15)5-6-1-2-6;/h3-4,6,9H,1-2,5,15H2;1H/t9-;/m1./s1. The van der Waals surface area contributed by atoms with Crippen LogP contribution < -0.4 is 5.73 Å². The van der Waals surface area contributed by atoms with Gasteiger partial charge in [-0.25, -0.2) is 13.2 Å². The predicted octanol–water partition coefficient (Wildman–Crippen LogP) is 3.33. The zero-order valence-corrected chi connectivity index (χ0v) is 9.37. The van der Waals surface area contributed by atoms with Crippen molar-refractivity contribution in [3.63, 3.8) is 0 Å². The topological polar surface area (TPSA) is 26.0 Å². The highest BCUT2D eigenvalue weighted by Crippen LogP contribution is 2.37. The van der Waals surface area contributed by atoms with E-state index in [1.54, 1.807) is 0 Å². The van der Waals surface area contributed by atoms with Crippen molar-refractivity contribution in [2.45, 2.75) is 25.3 Å². The highest BCUT2D eigenvalue weighted by Gasteiger charge is 2.28. The van der Waals surface area contributed by atoms with E-state index < -0.39 is 23.5 Å². The molecule has 90 valence electrons. The van der Waals surface area contributed by atoms with Crippen molar-refractivity contribution in [2.75, 3.05) is 0 Å². The second-order valence-electron chi connectivity index (χ2n) is 4.04. The van der Waals surface area contributed by atoms with Crippen LogP contribution in [-0.2, 0) is 0 Å². The second kappa shape index (κ2) is 5.06. The van der Waals surface area contributed by atoms with Crippen LogP contribution in [0.4, 0.5) is 13.2 Å². The Bertz CT molecular complexity index is 380. The lowest BCUT2D eigenvalue weighted by Crippen LogP contribution is -2.15. The van der Waals surface area contributed by atoms with Crippen molar-refractivity contribution in [2.24, 2.45) is 11.7 Å². The molecular weight excluding hydrogens is 239 g/mol. The maximum Gasteiger partial charge on any atom is 0.166 e. The molecular formula is C11H13ClF3N. The Morgan fingerprint density at radius 3 is 2.31 bits per heavy atom. The summed E-state index contributed by atoms with van der Waals surface area (Å²) in [7, 11) is 0. The number of rotatable bonds is 3. The van der Waals surface area contributed by atoms with Crippen LogP contribution in [0.2, 0.25) is 0 Å². The third-order valence-corrected chi connectivity index (χ3v) is 2.73. The molecule has 1 saturated carbocycles. The van der Waals surface area contributed by atoms with Gasteiger partial charge in [0, 0.05) is 11.6 Å². The first kappa shape index (κ1) is 13.3. The number of nitrogens with two attached hydrogens (primary N) is 1. The molecule has 1 atom stereocenters. The third kappa shape index (κ3) is 2.68. The van der Waals surface area contributed by atoms with E-state index in [-0.39, 0.29) is 18.0 Å². The van der Waals surface area contributed by atoms with Gasteiger partial charge in [0.2, 0.25) is 0 Å². The monoisotopic (exact) mass is 251 g/mol. The van der Waals surface area contributed by atoms with Crippen molar-refractivity contribution in [3.8, 4) is 0 Å². The van der Waals surface area contributed by atoms with Gasteiger partial charge in [-0.15, -0.1) is 12.4 Å². The number of hydrogen-bond donors (Lipinski definition) is 1. The van der Waals surface area contributed by atoms with E-state index in [0.29, 0.717) is 12.3 Å². The minimum atomic E-state index is -1.15. The van der Waals surface area contributed by atoms with E-state index in [1.807, 2.05) is 0 Å². The largest absolute Gasteiger partial charge is 0.324 e. The molecule has 1 nitrogen and oxygen atoms in total. The van der Waals surface area contributed by atoms with Gasteiger partial charge in [0.1, 0.15) is 5.82 Å². The van der Waals surface area contributed by atoms with Gasteiger partial charge in [-0.2, -0.15) is 0 Å². The molecule has 0 aliphatic heterocycles. The molecule has 0 spiro atoms. The number of hydrogen-bond acceptors (Lipinski definition) is 1. The quantitative estimate of drug-likeness (QED) is 0.820. The maximum atomic E-state index is 13.3. The van der Waals surface area contributed by atoms with Gasteiger partial charge >= 0.3 is 0 Å². The van der Waals surface area contributed by atoms with Crippen molar-refractivity contribution in [1.29, 1.82) is 0 Å². The third-order valence-electron chi connectivity index (χ3n) is 2.73. The van der Waals surface area contributed by atoms with Crippen molar-refractivity contribution in [1.82, 2.24) is 0 Å². The van der Waals surface area contributed by atoms with Crippen LogP contribution >= 0.6 is 12.4 Å². The Kier molecular flexibility index (Phi) is 4.21. The molecule has 0 radical (unpaired) electrons. The highest BCUT2D eigenvalue weighted by atomic mass is 35.5. The fourth-order valence-corrected chi connectivity index (χ4v) is 1.71. The van der Waals surface area contributed by atoms with Gasteiger partial charge in [0.15, 0.2) is 11.6 Å². The molecule has 1 fully saturated rings.